The molecule has 0 saturated carbocycles. The Bertz CT molecular complexity index is 1130. The number of benzene rings is 2. The van der Waals surface area contributed by atoms with Crippen LogP contribution in [0, 0.1) is 12.3 Å². The van der Waals surface area contributed by atoms with Crippen LogP contribution < -0.4 is 15.4 Å². The van der Waals surface area contributed by atoms with Gasteiger partial charge in [0.1, 0.15) is 23.4 Å². The average Bonchev–Trinajstić information content (AvgIpc) is 2.86. The van der Waals surface area contributed by atoms with Gasteiger partial charge >= 0.3 is 6.09 Å². The van der Waals surface area contributed by atoms with Crippen molar-refractivity contribution in [2.75, 3.05) is 25.6 Å². The molecule has 2 unspecified atom stereocenters. The summed E-state index contributed by atoms with van der Waals surface area (Å²) < 4.78 is 10.4. The Kier molecular flexibility index (Phi) is 10.3. The van der Waals surface area contributed by atoms with Crippen LogP contribution in [0.5, 0.6) is 5.75 Å². The summed E-state index contributed by atoms with van der Waals surface area (Å²) >= 11 is 0. The normalized spacial score (nSPS) is 12.3. The van der Waals surface area contributed by atoms with Crippen LogP contribution in [0.1, 0.15) is 37.9 Å². The minimum absolute atomic E-state index is 0.0527. The number of anilines is 1. The molecule has 2 rings (SSSR count). The number of hydrogen-bond donors (Lipinski definition) is 3. The summed E-state index contributed by atoms with van der Waals surface area (Å²) in [5, 5.41) is 15.1. The second-order valence-electron chi connectivity index (χ2n) is 9.05. The Hall–Kier alpha value is -4.29. The molecule has 196 valence electrons. The molecule has 3 amide bonds. The highest BCUT2D eigenvalue weighted by molar-refractivity contribution is 5.99. The van der Waals surface area contributed by atoms with E-state index in [0.29, 0.717) is 22.6 Å². The van der Waals surface area contributed by atoms with E-state index in [2.05, 4.69) is 23.1 Å². The van der Waals surface area contributed by atoms with Crippen LogP contribution in [-0.4, -0.2) is 59.8 Å². The number of aliphatic hydroxyl groups is 1. The number of aliphatic hydroxyl groups excluding tert-OH is 1. The molecule has 0 aliphatic carbocycles. The third kappa shape index (κ3) is 8.40. The number of hydrogen-bond acceptors (Lipinski definition) is 6. The number of nitrogens with zero attached hydrogens (tertiary/aromatic N) is 1. The van der Waals surface area contributed by atoms with Crippen molar-refractivity contribution in [3.05, 3.63) is 72.3 Å². The van der Waals surface area contributed by atoms with E-state index in [1.54, 1.807) is 69.3 Å². The van der Waals surface area contributed by atoms with Gasteiger partial charge in [0.2, 0.25) is 5.91 Å². The van der Waals surface area contributed by atoms with Gasteiger partial charge in [0.25, 0.3) is 5.91 Å². The predicted molar refractivity (Wildman–Crippen MR) is 141 cm³/mol. The lowest BCUT2D eigenvalue weighted by atomic mass is 10.0. The highest BCUT2D eigenvalue weighted by Gasteiger charge is 2.35. The van der Waals surface area contributed by atoms with E-state index in [1.165, 1.54) is 18.1 Å². The molecule has 2 aromatic carbocycles. The lowest BCUT2D eigenvalue weighted by Gasteiger charge is -2.33. The zero-order chi connectivity index (χ0) is 27.6. The first-order valence-corrected chi connectivity index (χ1v) is 11.6. The van der Waals surface area contributed by atoms with Crippen molar-refractivity contribution in [1.29, 1.82) is 0 Å². The number of methoxy groups -OCH3 is 1. The van der Waals surface area contributed by atoms with Gasteiger partial charge < -0.3 is 30.1 Å². The number of terminal acetylenes is 1. The maximum atomic E-state index is 13.6. The molecule has 0 spiro atoms. The molecule has 0 aromatic heterocycles. The molecule has 3 N–H and O–H groups in total. The van der Waals surface area contributed by atoms with E-state index in [9.17, 15) is 19.5 Å². The number of nitrogens with one attached hydrogen (secondary N) is 2. The van der Waals surface area contributed by atoms with Gasteiger partial charge in [-0.15, -0.1) is 13.0 Å². The summed E-state index contributed by atoms with van der Waals surface area (Å²) in [6.45, 7) is 7.95. The second kappa shape index (κ2) is 13.1. The number of carbonyl (C=O) groups is 3. The van der Waals surface area contributed by atoms with Gasteiger partial charge in [-0.2, -0.15) is 0 Å². The Balaban J connectivity index is 2.44. The fourth-order valence-electron chi connectivity index (χ4n) is 3.42. The Morgan fingerprint density at radius 3 is 2.24 bits per heavy atom. The Morgan fingerprint density at radius 1 is 1.14 bits per heavy atom. The van der Waals surface area contributed by atoms with Gasteiger partial charge in [0, 0.05) is 17.8 Å². The van der Waals surface area contributed by atoms with E-state index in [4.69, 9.17) is 15.9 Å². The van der Waals surface area contributed by atoms with Gasteiger partial charge in [0.15, 0.2) is 0 Å². The van der Waals surface area contributed by atoms with Gasteiger partial charge in [-0.3, -0.25) is 9.59 Å². The molecular weight excluding hydrogens is 474 g/mol. The average molecular weight is 508 g/mol. The third-order valence-electron chi connectivity index (χ3n) is 5.09. The first kappa shape index (κ1) is 28.9. The van der Waals surface area contributed by atoms with E-state index < -0.39 is 42.2 Å². The van der Waals surface area contributed by atoms with Gasteiger partial charge in [-0.25, -0.2) is 4.79 Å². The van der Waals surface area contributed by atoms with Crippen LogP contribution in [0.3, 0.4) is 0 Å². The fourth-order valence-corrected chi connectivity index (χ4v) is 3.42. The highest BCUT2D eigenvalue weighted by atomic mass is 16.6. The zero-order valence-electron chi connectivity index (χ0n) is 21.5. The largest absolute Gasteiger partial charge is 0.497 e. The SMILES string of the molecule is C#Cc1ccc(C(C(=O)Nc2ccc(OC)cc2)N(CC=C)C(=O)C(CO)NC(=O)OC(C)(C)C)cc1. The van der Waals surface area contributed by atoms with Gasteiger partial charge in [-0.05, 0) is 62.7 Å². The third-order valence-corrected chi connectivity index (χ3v) is 5.09. The van der Waals surface area contributed by atoms with E-state index >= 15 is 0 Å². The molecule has 0 radical (unpaired) electrons. The van der Waals surface area contributed by atoms with Gasteiger partial charge in [-0.1, -0.05) is 24.1 Å². The first-order valence-electron chi connectivity index (χ1n) is 11.6. The summed E-state index contributed by atoms with van der Waals surface area (Å²) in [6, 6.07) is 10.8. The van der Waals surface area contributed by atoms with Crippen molar-refractivity contribution in [1.82, 2.24) is 10.2 Å². The van der Waals surface area contributed by atoms with Crippen LogP contribution >= 0.6 is 0 Å². The maximum absolute atomic E-state index is 13.6. The molecule has 0 fully saturated rings. The molecule has 0 aliphatic rings. The molecule has 37 heavy (non-hydrogen) atoms. The number of rotatable bonds is 10. The van der Waals surface area contributed by atoms with Crippen molar-refractivity contribution < 1.29 is 29.0 Å². The number of amides is 3. The number of ether oxygens (including phenoxy) is 2. The van der Waals surface area contributed by atoms with Crippen LogP contribution in [0.2, 0.25) is 0 Å². The lowest BCUT2D eigenvalue weighted by molar-refractivity contribution is -0.140. The van der Waals surface area contributed by atoms with Crippen molar-refractivity contribution >= 4 is 23.6 Å². The van der Waals surface area contributed by atoms with Crippen molar-refractivity contribution in [3.8, 4) is 18.1 Å². The Morgan fingerprint density at radius 2 is 1.76 bits per heavy atom. The molecule has 9 nitrogen and oxygen atoms in total. The number of alkyl carbamates (subject to hydrolysis) is 1. The molecule has 0 aliphatic heterocycles. The predicted octanol–water partition coefficient (Wildman–Crippen LogP) is 3.26. The summed E-state index contributed by atoms with van der Waals surface area (Å²) in [5.74, 6) is 1.90. The van der Waals surface area contributed by atoms with Crippen LogP contribution in [-0.2, 0) is 14.3 Å². The zero-order valence-corrected chi connectivity index (χ0v) is 21.5. The second-order valence-corrected chi connectivity index (χ2v) is 9.05. The van der Waals surface area contributed by atoms with Crippen molar-refractivity contribution in [2.45, 2.75) is 38.5 Å². The fraction of sp³-hybridized carbons (Fsp3) is 0.321. The van der Waals surface area contributed by atoms with Crippen LogP contribution in [0.25, 0.3) is 0 Å². The smallest absolute Gasteiger partial charge is 0.408 e. The number of carbonyl (C=O) groups excluding carboxylic acids is 3. The van der Waals surface area contributed by atoms with Crippen LogP contribution in [0.15, 0.2) is 61.2 Å². The molecule has 0 heterocycles. The summed E-state index contributed by atoms with van der Waals surface area (Å²) in [5.41, 5.74) is 0.731. The molecule has 9 heteroatoms. The maximum Gasteiger partial charge on any atom is 0.408 e. The summed E-state index contributed by atoms with van der Waals surface area (Å²) in [7, 11) is 1.53. The summed E-state index contributed by atoms with van der Waals surface area (Å²) in [6.07, 6.45) is 6.04. The minimum Gasteiger partial charge on any atom is -0.497 e. The minimum atomic E-state index is -1.36. The quantitative estimate of drug-likeness (QED) is 0.336. The monoisotopic (exact) mass is 507 g/mol. The lowest BCUT2D eigenvalue weighted by Crippen LogP contribution is -2.53. The van der Waals surface area contributed by atoms with E-state index in [0.717, 1.165) is 0 Å². The first-order chi connectivity index (χ1) is 17.5. The Labute approximate surface area is 217 Å². The molecular formula is C28H33N3O6. The standard InChI is InChI=1S/C28H33N3O6/c1-7-17-31(26(34)23(18-32)30-27(35)37-28(3,4)5)24(20-11-9-19(8-2)10-12-20)25(33)29-21-13-15-22(36-6)16-14-21/h2,7,9-16,23-24,32H,1,17-18H2,3-6H3,(H,29,33)(H,30,35). The van der Waals surface area contributed by atoms with Crippen molar-refractivity contribution in [2.24, 2.45) is 0 Å². The van der Waals surface area contributed by atoms with Gasteiger partial charge in [0.05, 0.1) is 13.7 Å². The van der Waals surface area contributed by atoms with E-state index in [1.807, 2.05) is 0 Å². The summed E-state index contributed by atoms with van der Waals surface area (Å²) in [4.78, 5) is 40.7. The van der Waals surface area contributed by atoms with Crippen molar-refractivity contribution in [3.63, 3.8) is 0 Å². The molecule has 2 atom stereocenters. The molecule has 0 bridgehead atoms. The topological polar surface area (TPSA) is 117 Å². The van der Waals surface area contributed by atoms with Crippen LogP contribution in [0.4, 0.5) is 10.5 Å². The molecule has 0 saturated heterocycles. The highest BCUT2D eigenvalue weighted by Crippen LogP contribution is 2.25. The molecule has 2 aromatic rings. The van der Waals surface area contributed by atoms with E-state index in [-0.39, 0.29) is 6.54 Å².